The van der Waals surface area contributed by atoms with Gasteiger partial charge in [-0.3, -0.25) is 14.6 Å². The van der Waals surface area contributed by atoms with Gasteiger partial charge in [-0.25, -0.2) is 9.40 Å². The quantitative estimate of drug-likeness (QED) is 0.449. The molecule has 6 nitrogen and oxygen atoms in total. The lowest BCUT2D eigenvalue weighted by molar-refractivity contribution is -0.134. The van der Waals surface area contributed by atoms with Gasteiger partial charge in [0, 0.05) is 39.1 Å². The predicted octanol–water partition coefficient (Wildman–Crippen LogP) is 4.72. The third kappa shape index (κ3) is 6.24. The molecular formula is C30H33FN4O2. The summed E-state index contributed by atoms with van der Waals surface area (Å²) in [5.74, 6) is 0.493. The minimum atomic E-state index is -0.287. The molecule has 37 heavy (non-hydrogen) atoms. The summed E-state index contributed by atoms with van der Waals surface area (Å²) in [6.07, 6.45) is 0.580. The van der Waals surface area contributed by atoms with E-state index in [1.165, 1.54) is 17.7 Å². The molecule has 2 heterocycles. The number of hydrazone groups is 1. The third-order valence-corrected chi connectivity index (χ3v) is 6.99. The zero-order valence-electron chi connectivity index (χ0n) is 21.2. The molecule has 192 valence electrons. The Kier molecular flexibility index (Phi) is 7.92. The van der Waals surface area contributed by atoms with Crippen LogP contribution in [0.4, 0.5) is 4.39 Å². The highest BCUT2D eigenvalue weighted by atomic mass is 19.1. The number of amides is 1. The van der Waals surface area contributed by atoms with E-state index in [0.29, 0.717) is 19.6 Å². The fraction of sp³-hybridized carbons (Fsp3) is 0.333. The van der Waals surface area contributed by atoms with Crippen LogP contribution in [0.15, 0.2) is 84.0 Å². The fourth-order valence-corrected chi connectivity index (χ4v) is 4.98. The Bertz CT molecular complexity index is 1210. The number of hydrogen-bond donors (Lipinski definition) is 0. The van der Waals surface area contributed by atoms with Crippen molar-refractivity contribution < 1.29 is 13.9 Å². The maximum absolute atomic E-state index is 13.5. The molecule has 3 aromatic rings. The molecule has 0 spiro atoms. The van der Waals surface area contributed by atoms with E-state index >= 15 is 0 Å². The standard InChI is InChI=1S/C30H33FN4O2/c1-2-37-27-14-10-25(11-15-27)29-20-28(24-8-12-26(31)13-9-24)32-35(29)30(36)22-34-18-16-33(17-19-34)21-23-6-4-3-5-7-23/h3-15,29H,2,16-22H2,1H3/t29-/m0/s1. The number of carbonyl (C=O) groups excluding carboxylic acids is 1. The number of nitrogens with zero attached hydrogens (tertiary/aromatic N) is 4. The van der Waals surface area contributed by atoms with Crippen molar-refractivity contribution in [3.63, 3.8) is 0 Å². The van der Waals surface area contributed by atoms with E-state index in [-0.39, 0.29) is 17.8 Å². The van der Waals surface area contributed by atoms with E-state index in [4.69, 9.17) is 9.84 Å². The summed E-state index contributed by atoms with van der Waals surface area (Å²) in [6.45, 7) is 7.35. The van der Waals surface area contributed by atoms with Crippen LogP contribution in [0.2, 0.25) is 0 Å². The maximum Gasteiger partial charge on any atom is 0.257 e. The molecule has 1 atom stereocenters. The summed E-state index contributed by atoms with van der Waals surface area (Å²) >= 11 is 0. The van der Waals surface area contributed by atoms with Gasteiger partial charge in [0.2, 0.25) is 0 Å². The van der Waals surface area contributed by atoms with Gasteiger partial charge in [-0.1, -0.05) is 54.6 Å². The molecule has 7 heteroatoms. The summed E-state index contributed by atoms with van der Waals surface area (Å²) in [6, 6.07) is 24.5. The maximum atomic E-state index is 13.5. The molecule has 1 saturated heterocycles. The Labute approximate surface area is 217 Å². The summed E-state index contributed by atoms with van der Waals surface area (Å²) < 4.78 is 19.1. The predicted molar refractivity (Wildman–Crippen MR) is 143 cm³/mol. The number of rotatable bonds is 8. The second kappa shape index (κ2) is 11.7. The van der Waals surface area contributed by atoms with Crippen molar-refractivity contribution in [1.29, 1.82) is 0 Å². The molecule has 0 saturated carbocycles. The van der Waals surface area contributed by atoms with Crippen molar-refractivity contribution in [3.8, 4) is 5.75 Å². The van der Waals surface area contributed by atoms with Crippen LogP contribution in [0.3, 0.4) is 0 Å². The van der Waals surface area contributed by atoms with Crippen LogP contribution >= 0.6 is 0 Å². The molecule has 0 aliphatic carbocycles. The first kappa shape index (κ1) is 25.1. The molecule has 0 bridgehead atoms. The second-order valence-electron chi connectivity index (χ2n) is 9.55. The summed E-state index contributed by atoms with van der Waals surface area (Å²) in [7, 11) is 0. The smallest absolute Gasteiger partial charge is 0.257 e. The van der Waals surface area contributed by atoms with Gasteiger partial charge in [0.05, 0.1) is 24.9 Å². The Morgan fingerprint density at radius 3 is 2.27 bits per heavy atom. The van der Waals surface area contributed by atoms with Gasteiger partial charge >= 0.3 is 0 Å². The molecule has 2 aliphatic rings. The van der Waals surface area contributed by atoms with Gasteiger partial charge in [-0.15, -0.1) is 0 Å². The van der Waals surface area contributed by atoms with E-state index in [1.807, 2.05) is 37.3 Å². The summed E-state index contributed by atoms with van der Waals surface area (Å²) in [5.41, 5.74) is 3.94. The first-order valence-electron chi connectivity index (χ1n) is 13.0. The molecule has 5 rings (SSSR count). The number of piperazine rings is 1. The third-order valence-electron chi connectivity index (χ3n) is 6.99. The minimum absolute atomic E-state index is 0.0208. The SMILES string of the molecule is CCOc1ccc([C@@H]2CC(c3ccc(F)cc3)=NN2C(=O)CN2CCN(Cc3ccccc3)CC2)cc1. The van der Waals surface area contributed by atoms with E-state index in [1.54, 1.807) is 17.1 Å². The van der Waals surface area contributed by atoms with E-state index in [2.05, 4.69) is 34.1 Å². The topological polar surface area (TPSA) is 48.4 Å². The Hall–Kier alpha value is -3.55. The number of ether oxygens (including phenoxy) is 1. The van der Waals surface area contributed by atoms with Gasteiger partial charge in [0.15, 0.2) is 0 Å². The van der Waals surface area contributed by atoms with Crippen molar-refractivity contribution in [2.24, 2.45) is 5.10 Å². The molecule has 0 radical (unpaired) electrons. The van der Waals surface area contributed by atoms with E-state index < -0.39 is 0 Å². The lowest BCUT2D eigenvalue weighted by atomic mass is 9.98. The molecule has 0 aromatic heterocycles. The minimum Gasteiger partial charge on any atom is -0.494 e. The van der Waals surface area contributed by atoms with Gasteiger partial charge in [0.1, 0.15) is 11.6 Å². The number of carbonyl (C=O) groups is 1. The first-order valence-corrected chi connectivity index (χ1v) is 13.0. The van der Waals surface area contributed by atoms with Crippen LogP contribution in [0, 0.1) is 5.82 Å². The lowest BCUT2D eigenvalue weighted by Crippen LogP contribution is -2.49. The monoisotopic (exact) mass is 500 g/mol. The average molecular weight is 501 g/mol. The molecule has 2 aliphatic heterocycles. The molecule has 1 amide bonds. The molecule has 0 unspecified atom stereocenters. The summed E-state index contributed by atoms with van der Waals surface area (Å²) in [4.78, 5) is 18.2. The zero-order valence-corrected chi connectivity index (χ0v) is 21.2. The van der Waals surface area contributed by atoms with Crippen LogP contribution in [0.1, 0.15) is 36.1 Å². The summed E-state index contributed by atoms with van der Waals surface area (Å²) in [5, 5.41) is 6.38. The van der Waals surface area contributed by atoms with Crippen molar-refractivity contribution in [2.45, 2.75) is 25.9 Å². The highest BCUT2D eigenvalue weighted by molar-refractivity contribution is 6.03. The average Bonchev–Trinajstić information content (AvgIpc) is 3.37. The zero-order chi connectivity index (χ0) is 25.6. The second-order valence-corrected chi connectivity index (χ2v) is 9.55. The highest BCUT2D eigenvalue weighted by Gasteiger charge is 2.34. The van der Waals surface area contributed by atoms with Gasteiger partial charge < -0.3 is 4.74 Å². The van der Waals surface area contributed by atoms with Crippen LogP contribution in [0.25, 0.3) is 0 Å². The molecule has 0 N–H and O–H groups in total. The van der Waals surface area contributed by atoms with E-state index in [0.717, 1.165) is 55.3 Å². The van der Waals surface area contributed by atoms with Crippen LogP contribution in [-0.2, 0) is 11.3 Å². The van der Waals surface area contributed by atoms with E-state index in [9.17, 15) is 9.18 Å². The van der Waals surface area contributed by atoms with Crippen LogP contribution in [0.5, 0.6) is 5.75 Å². The highest BCUT2D eigenvalue weighted by Crippen LogP contribution is 2.34. The number of halogens is 1. The molecule has 3 aromatic carbocycles. The number of benzene rings is 3. The molecule has 1 fully saturated rings. The number of hydrogen-bond acceptors (Lipinski definition) is 5. The van der Waals surface area contributed by atoms with Crippen molar-refractivity contribution in [3.05, 3.63) is 101 Å². The Morgan fingerprint density at radius 2 is 1.59 bits per heavy atom. The Morgan fingerprint density at radius 1 is 0.919 bits per heavy atom. The fourth-order valence-electron chi connectivity index (χ4n) is 4.98. The van der Waals surface area contributed by atoms with Gasteiger partial charge in [-0.2, -0.15) is 5.10 Å². The van der Waals surface area contributed by atoms with Crippen LogP contribution < -0.4 is 4.74 Å². The van der Waals surface area contributed by atoms with Crippen molar-refractivity contribution in [1.82, 2.24) is 14.8 Å². The Balaban J connectivity index is 1.27. The van der Waals surface area contributed by atoms with Crippen molar-refractivity contribution in [2.75, 3.05) is 39.3 Å². The van der Waals surface area contributed by atoms with Crippen molar-refractivity contribution >= 4 is 11.6 Å². The lowest BCUT2D eigenvalue weighted by Gasteiger charge is -2.35. The van der Waals surface area contributed by atoms with Gasteiger partial charge in [-0.05, 0) is 47.9 Å². The van der Waals surface area contributed by atoms with Crippen LogP contribution in [-0.4, -0.2) is 65.8 Å². The molecular weight excluding hydrogens is 467 g/mol. The van der Waals surface area contributed by atoms with Gasteiger partial charge in [0.25, 0.3) is 5.91 Å². The first-order chi connectivity index (χ1) is 18.1. The largest absolute Gasteiger partial charge is 0.494 e. The normalized spacial score (nSPS) is 18.6.